The quantitative estimate of drug-likeness (QED) is 0.717. The summed E-state index contributed by atoms with van der Waals surface area (Å²) in [5.41, 5.74) is -1.72. The van der Waals surface area contributed by atoms with E-state index in [2.05, 4.69) is 0 Å². The van der Waals surface area contributed by atoms with Gasteiger partial charge in [0.15, 0.2) is 0 Å². The van der Waals surface area contributed by atoms with Gasteiger partial charge < -0.3 is 5.11 Å². The van der Waals surface area contributed by atoms with Crippen LogP contribution in [-0.4, -0.2) is 17.0 Å². The van der Waals surface area contributed by atoms with Crippen molar-refractivity contribution in [2.24, 2.45) is 5.41 Å². The number of rotatable bonds is 4. The lowest BCUT2D eigenvalue weighted by Gasteiger charge is -2.09. The van der Waals surface area contributed by atoms with Gasteiger partial charge in [0, 0.05) is 6.42 Å². The molecule has 0 amide bonds. The number of aliphatic carboxylic acids is 1. The Balaban J connectivity index is 2.60. The maximum Gasteiger partial charge on any atom is 0.316 e. The fourth-order valence-electron chi connectivity index (χ4n) is 1.42. The molecule has 1 aliphatic carbocycles. The first-order valence-electron chi connectivity index (χ1n) is 4.07. The highest BCUT2D eigenvalue weighted by Crippen LogP contribution is 2.63. The maximum atomic E-state index is 12.6. The summed E-state index contributed by atoms with van der Waals surface area (Å²) < 4.78 is 25.3. The van der Waals surface area contributed by atoms with Gasteiger partial charge in [-0.05, 0) is 6.42 Å². The smallest absolute Gasteiger partial charge is 0.316 e. The zero-order valence-corrected chi connectivity index (χ0v) is 6.94. The second-order valence-electron chi connectivity index (χ2n) is 3.37. The van der Waals surface area contributed by atoms with Gasteiger partial charge in [-0.15, -0.1) is 0 Å². The van der Waals surface area contributed by atoms with E-state index in [-0.39, 0.29) is 6.42 Å². The summed E-state index contributed by atoms with van der Waals surface area (Å²) in [5.74, 6) is -4.31. The lowest BCUT2D eigenvalue weighted by molar-refractivity contribution is -0.148. The van der Waals surface area contributed by atoms with Gasteiger partial charge in [0.1, 0.15) is 5.41 Å². The highest BCUT2D eigenvalue weighted by atomic mass is 19.3. The number of carboxylic acids is 1. The lowest BCUT2D eigenvalue weighted by atomic mass is 9.99. The van der Waals surface area contributed by atoms with Crippen molar-refractivity contribution in [1.82, 2.24) is 0 Å². The summed E-state index contributed by atoms with van der Waals surface area (Å²) in [6.07, 6.45) is 0.939. The van der Waals surface area contributed by atoms with Gasteiger partial charge >= 0.3 is 5.97 Å². The molecule has 0 aromatic rings. The molecule has 70 valence electrons. The highest BCUT2D eigenvalue weighted by Gasteiger charge is 2.75. The zero-order chi connectivity index (χ0) is 9.41. The Hall–Kier alpha value is -0.670. The van der Waals surface area contributed by atoms with Crippen LogP contribution in [0.3, 0.4) is 0 Å². The van der Waals surface area contributed by atoms with Crippen LogP contribution in [0.1, 0.15) is 32.6 Å². The maximum absolute atomic E-state index is 12.6. The first-order chi connectivity index (χ1) is 5.46. The summed E-state index contributed by atoms with van der Waals surface area (Å²) >= 11 is 0. The molecule has 0 radical (unpaired) electrons. The normalized spacial score (nSPS) is 31.6. The number of carbonyl (C=O) groups is 1. The summed E-state index contributed by atoms with van der Waals surface area (Å²) in [5, 5.41) is 8.59. The third kappa shape index (κ3) is 1.19. The van der Waals surface area contributed by atoms with Gasteiger partial charge in [0.05, 0.1) is 0 Å². The molecule has 0 saturated heterocycles. The minimum atomic E-state index is -2.96. The molecule has 1 atom stereocenters. The van der Waals surface area contributed by atoms with Crippen molar-refractivity contribution < 1.29 is 18.7 Å². The van der Waals surface area contributed by atoms with Crippen LogP contribution < -0.4 is 0 Å². The van der Waals surface area contributed by atoms with Crippen molar-refractivity contribution >= 4 is 5.97 Å². The Kier molecular flexibility index (Phi) is 2.10. The number of alkyl halides is 2. The number of hydrogen-bond acceptors (Lipinski definition) is 1. The molecule has 1 fully saturated rings. The fourth-order valence-corrected chi connectivity index (χ4v) is 1.42. The van der Waals surface area contributed by atoms with E-state index in [0.717, 1.165) is 6.42 Å². The lowest BCUT2D eigenvalue weighted by Crippen LogP contribution is -2.22. The number of halogens is 2. The summed E-state index contributed by atoms with van der Waals surface area (Å²) in [6.45, 7) is 1.86. The van der Waals surface area contributed by atoms with Crippen LogP contribution in [0, 0.1) is 5.41 Å². The van der Waals surface area contributed by atoms with E-state index in [4.69, 9.17) is 5.11 Å². The van der Waals surface area contributed by atoms with Gasteiger partial charge in [-0.1, -0.05) is 19.8 Å². The van der Waals surface area contributed by atoms with Crippen molar-refractivity contribution in [2.45, 2.75) is 38.5 Å². The average molecular weight is 178 g/mol. The molecule has 0 heterocycles. The van der Waals surface area contributed by atoms with E-state index in [1.54, 1.807) is 0 Å². The first-order valence-corrected chi connectivity index (χ1v) is 4.07. The van der Waals surface area contributed by atoms with Gasteiger partial charge in [0.2, 0.25) is 0 Å². The molecule has 0 aliphatic heterocycles. The topological polar surface area (TPSA) is 37.3 Å². The Morgan fingerprint density at radius 1 is 1.58 bits per heavy atom. The molecule has 0 aromatic carbocycles. The third-order valence-electron chi connectivity index (χ3n) is 2.47. The molecule has 12 heavy (non-hydrogen) atoms. The number of hydrogen-bond donors (Lipinski definition) is 1. The molecule has 0 aromatic heterocycles. The molecule has 0 spiro atoms. The second-order valence-corrected chi connectivity index (χ2v) is 3.37. The van der Waals surface area contributed by atoms with E-state index in [0.29, 0.717) is 6.42 Å². The van der Waals surface area contributed by atoms with E-state index in [1.807, 2.05) is 6.92 Å². The standard InChI is InChI=1S/C8H12F2O2/c1-2-3-4-7(6(11)12)5-8(7,9)10/h2-5H2,1H3,(H,11,12). The SMILES string of the molecule is CCCCC1(C(=O)O)CC1(F)F. The molecule has 2 nitrogen and oxygen atoms in total. The molecular formula is C8H12F2O2. The molecule has 0 bridgehead atoms. The molecule has 4 heteroatoms. The molecule has 1 rings (SSSR count). The molecule has 1 unspecified atom stereocenters. The van der Waals surface area contributed by atoms with Crippen LogP contribution in [0.15, 0.2) is 0 Å². The fraction of sp³-hybridized carbons (Fsp3) is 0.875. The predicted molar refractivity (Wildman–Crippen MR) is 39.2 cm³/mol. The summed E-state index contributed by atoms with van der Waals surface area (Å²) in [4.78, 5) is 10.5. The minimum absolute atomic E-state index is 0.103. The number of unbranched alkanes of at least 4 members (excludes halogenated alkanes) is 1. The molecule has 1 aliphatic rings. The van der Waals surface area contributed by atoms with E-state index >= 15 is 0 Å². The Bertz CT molecular complexity index is 203. The Labute approximate surface area is 69.6 Å². The third-order valence-corrected chi connectivity index (χ3v) is 2.47. The van der Waals surface area contributed by atoms with Crippen LogP contribution in [0.5, 0.6) is 0 Å². The van der Waals surface area contributed by atoms with Crippen LogP contribution >= 0.6 is 0 Å². The average Bonchev–Trinajstić information content (AvgIpc) is 2.51. The number of carboxylic acid groups (broad SMARTS) is 1. The summed E-state index contributed by atoms with van der Waals surface area (Å²) in [6, 6.07) is 0. The van der Waals surface area contributed by atoms with Crippen LogP contribution in [0.4, 0.5) is 8.78 Å². The van der Waals surface area contributed by atoms with Crippen molar-refractivity contribution in [1.29, 1.82) is 0 Å². The highest BCUT2D eigenvalue weighted by molar-refractivity contribution is 5.80. The predicted octanol–water partition coefficient (Wildman–Crippen LogP) is 2.29. The molecule has 1 N–H and O–H groups in total. The van der Waals surface area contributed by atoms with Gasteiger partial charge in [-0.2, -0.15) is 0 Å². The van der Waals surface area contributed by atoms with Crippen molar-refractivity contribution in [3.63, 3.8) is 0 Å². The zero-order valence-electron chi connectivity index (χ0n) is 6.94. The van der Waals surface area contributed by atoms with Crippen LogP contribution in [-0.2, 0) is 4.79 Å². The van der Waals surface area contributed by atoms with Gasteiger partial charge in [-0.3, -0.25) is 4.79 Å². The van der Waals surface area contributed by atoms with Crippen molar-refractivity contribution in [3.8, 4) is 0 Å². The Morgan fingerprint density at radius 3 is 2.33 bits per heavy atom. The largest absolute Gasteiger partial charge is 0.481 e. The van der Waals surface area contributed by atoms with Gasteiger partial charge in [-0.25, -0.2) is 8.78 Å². The van der Waals surface area contributed by atoms with E-state index in [1.165, 1.54) is 0 Å². The van der Waals surface area contributed by atoms with Crippen LogP contribution in [0.2, 0.25) is 0 Å². The molecule has 1 saturated carbocycles. The van der Waals surface area contributed by atoms with Crippen molar-refractivity contribution in [3.05, 3.63) is 0 Å². The monoisotopic (exact) mass is 178 g/mol. The second kappa shape index (κ2) is 2.68. The van der Waals surface area contributed by atoms with E-state index in [9.17, 15) is 13.6 Å². The molecular weight excluding hydrogens is 166 g/mol. The van der Waals surface area contributed by atoms with Crippen LogP contribution in [0.25, 0.3) is 0 Å². The van der Waals surface area contributed by atoms with Gasteiger partial charge in [0.25, 0.3) is 5.92 Å². The summed E-state index contributed by atoms with van der Waals surface area (Å²) in [7, 11) is 0. The minimum Gasteiger partial charge on any atom is -0.481 e. The van der Waals surface area contributed by atoms with E-state index < -0.39 is 23.7 Å². The van der Waals surface area contributed by atoms with Crippen molar-refractivity contribution in [2.75, 3.05) is 0 Å². The Morgan fingerprint density at radius 2 is 2.08 bits per heavy atom. The first kappa shape index (κ1) is 9.42.